The summed E-state index contributed by atoms with van der Waals surface area (Å²) in [7, 11) is 0. The summed E-state index contributed by atoms with van der Waals surface area (Å²) in [6.07, 6.45) is 0. The SMILES string of the molecule is Ic1nsc(-c2csc3ccccc23)n1. The second-order valence-corrected chi connectivity index (χ2v) is 5.64. The van der Waals surface area contributed by atoms with Gasteiger partial charge in [-0.15, -0.1) is 11.3 Å². The summed E-state index contributed by atoms with van der Waals surface area (Å²) >= 11 is 5.36. The number of rotatable bonds is 1. The van der Waals surface area contributed by atoms with Gasteiger partial charge in [0.1, 0.15) is 5.01 Å². The first-order chi connectivity index (χ1) is 7.34. The minimum Gasteiger partial charge on any atom is -0.210 e. The van der Waals surface area contributed by atoms with Crippen molar-refractivity contribution in [3.63, 3.8) is 0 Å². The van der Waals surface area contributed by atoms with Crippen LogP contribution in [-0.4, -0.2) is 9.36 Å². The van der Waals surface area contributed by atoms with Gasteiger partial charge in [-0.2, -0.15) is 4.37 Å². The van der Waals surface area contributed by atoms with Crippen molar-refractivity contribution in [1.82, 2.24) is 9.36 Å². The Morgan fingerprint density at radius 1 is 1.20 bits per heavy atom. The van der Waals surface area contributed by atoms with Crippen LogP contribution in [-0.2, 0) is 0 Å². The highest BCUT2D eigenvalue weighted by Crippen LogP contribution is 2.34. The number of nitrogens with zero attached hydrogens (tertiary/aromatic N) is 2. The summed E-state index contributed by atoms with van der Waals surface area (Å²) in [4.78, 5) is 4.40. The summed E-state index contributed by atoms with van der Waals surface area (Å²) in [5.41, 5.74) is 1.20. The highest BCUT2D eigenvalue weighted by atomic mass is 127. The molecule has 2 heterocycles. The molecular formula is C10H5IN2S2. The molecule has 0 fully saturated rings. The van der Waals surface area contributed by atoms with Crippen molar-refractivity contribution in [2.24, 2.45) is 0 Å². The van der Waals surface area contributed by atoms with E-state index in [4.69, 9.17) is 0 Å². The van der Waals surface area contributed by atoms with E-state index in [9.17, 15) is 0 Å². The van der Waals surface area contributed by atoms with Crippen molar-refractivity contribution in [2.75, 3.05) is 0 Å². The highest BCUT2D eigenvalue weighted by molar-refractivity contribution is 14.1. The van der Waals surface area contributed by atoms with Gasteiger partial charge < -0.3 is 0 Å². The molecule has 15 heavy (non-hydrogen) atoms. The fraction of sp³-hybridized carbons (Fsp3) is 0. The molecule has 0 saturated carbocycles. The Labute approximate surface area is 108 Å². The zero-order valence-electron chi connectivity index (χ0n) is 7.48. The maximum atomic E-state index is 4.40. The second kappa shape index (κ2) is 3.80. The molecule has 0 aliphatic heterocycles. The van der Waals surface area contributed by atoms with Crippen molar-refractivity contribution in [3.05, 3.63) is 33.5 Å². The molecule has 2 aromatic heterocycles. The van der Waals surface area contributed by atoms with Crippen LogP contribution in [0.1, 0.15) is 0 Å². The molecular weight excluding hydrogens is 339 g/mol. The van der Waals surface area contributed by atoms with Crippen molar-refractivity contribution in [1.29, 1.82) is 0 Å². The number of halogens is 1. The van der Waals surface area contributed by atoms with E-state index in [2.05, 4.69) is 61.6 Å². The van der Waals surface area contributed by atoms with E-state index in [1.807, 2.05) is 0 Å². The van der Waals surface area contributed by atoms with Crippen molar-refractivity contribution >= 4 is 55.5 Å². The quantitative estimate of drug-likeness (QED) is 0.623. The molecule has 0 spiro atoms. The molecule has 0 aliphatic rings. The molecule has 0 radical (unpaired) electrons. The number of hydrogen-bond acceptors (Lipinski definition) is 4. The van der Waals surface area contributed by atoms with Crippen LogP contribution in [0.15, 0.2) is 29.6 Å². The van der Waals surface area contributed by atoms with Gasteiger partial charge in [0.25, 0.3) is 0 Å². The predicted molar refractivity (Wildman–Crippen MR) is 73.4 cm³/mol. The van der Waals surface area contributed by atoms with E-state index in [-0.39, 0.29) is 0 Å². The Kier molecular flexibility index (Phi) is 2.45. The normalized spacial score (nSPS) is 11.0. The Morgan fingerprint density at radius 2 is 2.07 bits per heavy atom. The topological polar surface area (TPSA) is 25.8 Å². The number of benzene rings is 1. The summed E-state index contributed by atoms with van der Waals surface area (Å²) in [5, 5.41) is 4.44. The number of fused-ring (bicyclic) bond motifs is 1. The van der Waals surface area contributed by atoms with Gasteiger partial charge in [-0.05, 0) is 17.6 Å². The summed E-state index contributed by atoms with van der Waals surface area (Å²) in [6.45, 7) is 0. The standard InChI is InChI=1S/C10H5IN2S2/c11-10-12-9(15-13-10)7-5-14-8-4-2-1-3-6(7)8/h1-5H. The minimum absolute atomic E-state index is 0.822. The molecule has 5 heteroatoms. The molecule has 3 aromatic rings. The molecule has 0 unspecified atom stereocenters. The molecule has 0 saturated heterocycles. The molecule has 74 valence electrons. The molecule has 0 aliphatic carbocycles. The van der Waals surface area contributed by atoms with Crippen LogP contribution in [0.2, 0.25) is 0 Å². The van der Waals surface area contributed by atoms with E-state index in [1.165, 1.54) is 27.2 Å². The van der Waals surface area contributed by atoms with Gasteiger partial charge in [-0.1, -0.05) is 18.2 Å². The van der Waals surface area contributed by atoms with Gasteiger partial charge in [-0.3, -0.25) is 0 Å². The van der Waals surface area contributed by atoms with Crippen LogP contribution in [0.25, 0.3) is 20.7 Å². The summed E-state index contributed by atoms with van der Waals surface area (Å²) in [6, 6.07) is 8.39. The average molecular weight is 344 g/mol. The Morgan fingerprint density at radius 3 is 2.87 bits per heavy atom. The van der Waals surface area contributed by atoms with Crippen molar-refractivity contribution in [3.8, 4) is 10.6 Å². The molecule has 0 N–H and O–H groups in total. The van der Waals surface area contributed by atoms with Gasteiger partial charge in [-0.25, -0.2) is 4.98 Å². The summed E-state index contributed by atoms with van der Waals surface area (Å²) < 4.78 is 6.33. The van der Waals surface area contributed by atoms with Crippen LogP contribution >= 0.6 is 45.5 Å². The van der Waals surface area contributed by atoms with Gasteiger partial charge in [0.15, 0.2) is 0 Å². The first kappa shape index (κ1) is 9.68. The van der Waals surface area contributed by atoms with Gasteiger partial charge in [0.2, 0.25) is 3.83 Å². The van der Waals surface area contributed by atoms with Crippen LogP contribution < -0.4 is 0 Å². The maximum absolute atomic E-state index is 4.40. The predicted octanol–water partition coefficient (Wildman–Crippen LogP) is 4.02. The molecule has 2 nitrogen and oxygen atoms in total. The third-order valence-corrected chi connectivity index (χ3v) is 4.63. The molecule has 0 amide bonds. The van der Waals surface area contributed by atoms with E-state index < -0.39 is 0 Å². The fourth-order valence-electron chi connectivity index (χ4n) is 1.46. The first-order valence-corrected chi connectivity index (χ1v) is 7.03. The van der Waals surface area contributed by atoms with Crippen molar-refractivity contribution < 1.29 is 0 Å². The van der Waals surface area contributed by atoms with Gasteiger partial charge >= 0.3 is 0 Å². The first-order valence-electron chi connectivity index (χ1n) is 4.30. The average Bonchev–Trinajstić information content (AvgIpc) is 2.83. The highest BCUT2D eigenvalue weighted by Gasteiger charge is 2.09. The number of aromatic nitrogens is 2. The smallest absolute Gasteiger partial charge is 0.203 e. The van der Waals surface area contributed by atoms with E-state index in [0.29, 0.717) is 0 Å². The maximum Gasteiger partial charge on any atom is 0.203 e. The third kappa shape index (κ3) is 1.68. The Hall–Kier alpha value is -0.530. The molecule has 3 rings (SSSR count). The van der Waals surface area contributed by atoms with E-state index in [0.717, 1.165) is 8.84 Å². The second-order valence-electron chi connectivity index (χ2n) is 3.01. The number of thiophene rings is 1. The zero-order chi connectivity index (χ0) is 10.3. The summed E-state index contributed by atoms with van der Waals surface area (Å²) in [5.74, 6) is 0. The lowest BCUT2D eigenvalue weighted by molar-refractivity contribution is 1.26. The molecule has 1 aromatic carbocycles. The zero-order valence-corrected chi connectivity index (χ0v) is 11.3. The minimum atomic E-state index is 0.822. The van der Waals surface area contributed by atoms with Gasteiger partial charge in [0, 0.05) is 43.6 Å². The lowest BCUT2D eigenvalue weighted by atomic mass is 10.2. The lowest BCUT2D eigenvalue weighted by Crippen LogP contribution is -1.74. The monoisotopic (exact) mass is 344 g/mol. The Bertz CT molecular complexity index is 614. The van der Waals surface area contributed by atoms with Crippen LogP contribution in [0.3, 0.4) is 0 Å². The largest absolute Gasteiger partial charge is 0.210 e. The van der Waals surface area contributed by atoms with E-state index in [1.54, 1.807) is 11.3 Å². The van der Waals surface area contributed by atoms with Crippen LogP contribution in [0.4, 0.5) is 0 Å². The van der Waals surface area contributed by atoms with E-state index >= 15 is 0 Å². The Balaban J connectivity index is 2.27. The fourth-order valence-corrected chi connectivity index (χ4v) is 3.78. The molecule has 0 bridgehead atoms. The molecule has 0 atom stereocenters. The van der Waals surface area contributed by atoms with Crippen molar-refractivity contribution in [2.45, 2.75) is 0 Å². The lowest BCUT2D eigenvalue weighted by Gasteiger charge is -1.91. The third-order valence-electron chi connectivity index (χ3n) is 2.11. The number of hydrogen-bond donors (Lipinski definition) is 0. The van der Waals surface area contributed by atoms with Crippen LogP contribution in [0.5, 0.6) is 0 Å². The van der Waals surface area contributed by atoms with Gasteiger partial charge in [0.05, 0.1) is 0 Å². The van der Waals surface area contributed by atoms with Crippen LogP contribution in [0, 0.1) is 3.83 Å².